The van der Waals surface area contributed by atoms with Crippen molar-refractivity contribution >= 4 is 0 Å². The van der Waals surface area contributed by atoms with Crippen molar-refractivity contribution in [1.82, 2.24) is 10.3 Å². The van der Waals surface area contributed by atoms with E-state index in [-0.39, 0.29) is 6.04 Å². The summed E-state index contributed by atoms with van der Waals surface area (Å²) in [7, 11) is 1.58. The number of aromatic nitrogens is 1. The van der Waals surface area contributed by atoms with Crippen molar-refractivity contribution < 1.29 is 4.74 Å². The molecule has 1 atom stereocenters. The molecular formula is C13H17N3O. The van der Waals surface area contributed by atoms with Crippen molar-refractivity contribution in [3.8, 4) is 11.9 Å². The van der Waals surface area contributed by atoms with Gasteiger partial charge in [-0.05, 0) is 18.9 Å². The van der Waals surface area contributed by atoms with E-state index in [0.29, 0.717) is 11.9 Å². The molecule has 1 fully saturated rings. The molecule has 17 heavy (non-hydrogen) atoms. The van der Waals surface area contributed by atoms with Crippen molar-refractivity contribution in [3.63, 3.8) is 0 Å². The summed E-state index contributed by atoms with van der Waals surface area (Å²) in [5.41, 5.74) is 0.903. The Morgan fingerprint density at radius 1 is 1.47 bits per heavy atom. The van der Waals surface area contributed by atoms with Gasteiger partial charge in [0.25, 0.3) is 0 Å². The molecule has 0 aliphatic heterocycles. The molecule has 1 N–H and O–H groups in total. The normalized spacial score (nSPS) is 17.6. The van der Waals surface area contributed by atoms with Crippen molar-refractivity contribution in [2.24, 2.45) is 0 Å². The Kier molecular flexibility index (Phi) is 3.94. The van der Waals surface area contributed by atoms with Crippen LogP contribution in [0, 0.1) is 11.3 Å². The van der Waals surface area contributed by atoms with Crippen LogP contribution in [-0.4, -0.2) is 18.1 Å². The van der Waals surface area contributed by atoms with Gasteiger partial charge in [-0.2, -0.15) is 5.26 Å². The third-order valence-electron chi connectivity index (χ3n) is 3.19. The van der Waals surface area contributed by atoms with Gasteiger partial charge in [-0.1, -0.05) is 12.8 Å². The number of nitrogens with one attached hydrogen (secondary N) is 1. The zero-order valence-electron chi connectivity index (χ0n) is 10.0. The van der Waals surface area contributed by atoms with E-state index in [1.54, 1.807) is 19.4 Å². The summed E-state index contributed by atoms with van der Waals surface area (Å²) in [4.78, 5) is 4.13. The highest BCUT2D eigenvalue weighted by atomic mass is 16.5. The molecule has 1 aromatic rings. The summed E-state index contributed by atoms with van der Waals surface area (Å²) in [6.07, 6.45) is 6.56. The smallest absolute Gasteiger partial charge is 0.212 e. The third-order valence-corrected chi connectivity index (χ3v) is 3.19. The number of hydrogen-bond acceptors (Lipinski definition) is 4. The topological polar surface area (TPSA) is 57.9 Å². The number of rotatable bonds is 4. The second kappa shape index (κ2) is 5.65. The number of methoxy groups -OCH3 is 1. The van der Waals surface area contributed by atoms with E-state index in [1.165, 1.54) is 25.7 Å². The predicted octanol–water partition coefficient (Wildman–Crippen LogP) is 2.19. The Hall–Kier alpha value is -1.60. The minimum atomic E-state index is -0.267. The first-order chi connectivity index (χ1) is 8.33. The van der Waals surface area contributed by atoms with E-state index in [1.807, 2.05) is 6.07 Å². The van der Waals surface area contributed by atoms with Gasteiger partial charge in [-0.15, -0.1) is 0 Å². The molecule has 0 amide bonds. The first kappa shape index (κ1) is 11.9. The second-order valence-electron chi connectivity index (χ2n) is 4.34. The summed E-state index contributed by atoms with van der Waals surface area (Å²) in [5, 5.41) is 12.6. The van der Waals surface area contributed by atoms with Crippen LogP contribution in [0.5, 0.6) is 5.88 Å². The molecule has 1 heterocycles. The number of ether oxygens (including phenoxy) is 1. The number of nitrogens with zero attached hydrogens (tertiary/aromatic N) is 2. The Balaban J connectivity index is 2.03. The lowest BCUT2D eigenvalue weighted by atomic mass is 10.1. The van der Waals surface area contributed by atoms with Gasteiger partial charge in [0.05, 0.1) is 13.2 Å². The van der Waals surface area contributed by atoms with Crippen molar-refractivity contribution in [2.45, 2.75) is 37.8 Å². The molecule has 0 radical (unpaired) electrons. The van der Waals surface area contributed by atoms with Crippen LogP contribution < -0.4 is 10.1 Å². The summed E-state index contributed by atoms with van der Waals surface area (Å²) < 4.78 is 5.00. The lowest BCUT2D eigenvalue weighted by Gasteiger charge is -2.17. The van der Waals surface area contributed by atoms with Crippen LogP contribution in [0.2, 0.25) is 0 Å². The Labute approximate surface area is 102 Å². The highest BCUT2D eigenvalue weighted by Gasteiger charge is 2.20. The minimum Gasteiger partial charge on any atom is -0.481 e. The van der Waals surface area contributed by atoms with Crippen molar-refractivity contribution in [1.29, 1.82) is 5.26 Å². The molecule has 1 unspecified atom stereocenters. The van der Waals surface area contributed by atoms with E-state index in [9.17, 15) is 5.26 Å². The zero-order chi connectivity index (χ0) is 12.1. The fraction of sp³-hybridized carbons (Fsp3) is 0.538. The van der Waals surface area contributed by atoms with Gasteiger partial charge in [-0.25, -0.2) is 4.98 Å². The summed E-state index contributed by atoms with van der Waals surface area (Å²) in [5.74, 6) is 0.575. The van der Waals surface area contributed by atoms with Gasteiger partial charge in [0.15, 0.2) is 0 Å². The first-order valence-electron chi connectivity index (χ1n) is 5.99. The first-order valence-corrected chi connectivity index (χ1v) is 5.99. The monoisotopic (exact) mass is 231 g/mol. The van der Waals surface area contributed by atoms with Crippen LogP contribution in [0.1, 0.15) is 37.3 Å². The molecule has 4 heteroatoms. The largest absolute Gasteiger partial charge is 0.481 e. The van der Waals surface area contributed by atoms with E-state index in [2.05, 4.69) is 16.4 Å². The molecular weight excluding hydrogens is 214 g/mol. The van der Waals surface area contributed by atoms with Crippen LogP contribution in [0.15, 0.2) is 18.3 Å². The van der Waals surface area contributed by atoms with Gasteiger partial charge >= 0.3 is 0 Å². The molecule has 0 spiro atoms. The average Bonchev–Trinajstić information content (AvgIpc) is 2.89. The fourth-order valence-corrected chi connectivity index (χ4v) is 2.22. The molecule has 0 bridgehead atoms. The molecule has 90 valence electrons. The van der Waals surface area contributed by atoms with Crippen LogP contribution in [0.4, 0.5) is 0 Å². The minimum absolute atomic E-state index is 0.267. The molecule has 1 aliphatic carbocycles. The standard InChI is InChI=1S/C13H17N3O/c1-17-13-7-6-10(9-15-13)12(8-14)16-11-4-2-3-5-11/h6-7,9,11-12,16H,2-5H2,1H3. The van der Waals surface area contributed by atoms with E-state index in [0.717, 1.165) is 5.56 Å². The highest BCUT2D eigenvalue weighted by Crippen LogP contribution is 2.22. The van der Waals surface area contributed by atoms with Gasteiger partial charge in [0.1, 0.15) is 6.04 Å². The number of nitriles is 1. The van der Waals surface area contributed by atoms with Gasteiger partial charge < -0.3 is 4.74 Å². The predicted molar refractivity (Wildman–Crippen MR) is 64.5 cm³/mol. The molecule has 0 saturated heterocycles. The summed E-state index contributed by atoms with van der Waals surface area (Å²) in [6, 6.07) is 6.18. The van der Waals surface area contributed by atoms with Gasteiger partial charge in [0.2, 0.25) is 5.88 Å². The SMILES string of the molecule is COc1ccc(C(C#N)NC2CCCC2)cn1. The van der Waals surface area contributed by atoms with Crippen molar-refractivity contribution in [2.75, 3.05) is 7.11 Å². The van der Waals surface area contributed by atoms with Crippen molar-refractivity contribution in [3.05, 3.63) is 23.9 Å². The van der Waals surface area contributed by atoms with Crippen LogP contribution in [0.25, 0.3) is 0 Å². The molecule has 0 aromatic carbocycles. The maximum atomic E-state index is 9.19. The Bertz CT molecular complexity index is 390. The molecule has 2 rings (SSSR count). The quantitative estimate of drug-likeness (QED) is 0.863. The van der Waals surface area contributed by atoms with E-state index in [4.69, 9.17) is 4.74 Å². The summed E-state index contributed by atoms with van der Waals surface area (Å²) >= 11 is 0. The van der Waals surface area contributed by atoms with Gasteiger partial charge in [0, 0.05) is 23.9 Å². The number of pyridine rings is 1. The Morgan fingerprint density at radius 3 is 2.76 bits per heavy atom. The fourth-order valence-electron chi connectivity index (χ4n) is 2.22. The molecule has 1 aliphatic rings. The molecule has 4 nitrogen and oxygen atoms in total. The lowest BCUT2D eigenvalue weighted by Crippen LogP contribution is -2.29. The average molecular weight is 231 g/mol. The third kappa shape index (κ3) is 2.95. The lowest BCUT2D eigenvalue weighted by molar-refractivity contribution is 0.397. The molecule has 1 aromatic heterocycles. The Morgan fingerprint density at radius 2 is 2.24 bits per heavy atom. The maximum absolute atomic E-state index is 9.19. The van der Waals surface area contributed by atoms with Crippen LogP contribution in [-0.2, 0) is 0 Å². The van der Waals surface area contributed by atoms with Crippen LogP contribution in [0.3, 0.4) is 0 Å². The second-order valence-corrected chi connectivity index (χ2v) is 4.34. The van der Waals surface area contributed by atoms with Crippen LogP contribution >= 0.6 is 0 Å². The zero-order valence-corrected chi connectivity index (χ0v) is 10.0. The maximum Gasteiger partial charge on any atom is 0.212 e. The number of hydrogen-bond donors (Lipinski definition) is 1. The van der Waals surface area contributed by atoms with Gasteiger partial charge in [-0.3, -0.25) is 5.32 Å². The van der Waals surface area contributed by atoms with E-state index < -0.39 is 0 Å². The summed E-state index contributed by atoms with van der Waals surface area (Å²) in [6.45, 7) is 0. The molecule has 1 saturated carbocycles. The van der Waals surface area contributed by atoms with E-state index >= 15 is 0 Å². The highest BCUT2D eigenvalue weighted by molar-refractivity contribution is 5.25.